The average molecular weight is 441 g/mol. The van der Waals surface area contributed by atoms with E-state index in [-0.39, 0.29) is 23.3 Å². The van der Waals surface area contributed by atoms with Gasteiger partial charge in [-0.05, 0) is 50.5 Å². The lowest BCUT2D eigenvalue weighted by Crippen LogP contribution is -2.41. The Morgan fingerprint density at radius 3 is 2.69 bits per heavy atom. The minimum absolute atomic E-state index is 0.117. The number of rotatable bonds is 3. The van der Waals surface area contributed by atoms with Gasteiger partial charge in [0.2, 0.25) is 0 Å². The first kappa shape index (κ1) is 20.5. The highest BCUT2D eigenvalue weighted by molar-refractivity contribution is 6.07. The van der Waals surface area contributed by atoms with Crippen LogP contribution in [0.5, 0.6) is 0 Å². The predicted octanol–water partition coefficient (Wildman–Crippen LogP) is 4.07. The van der Waals surface area contributed by atoms with Crippen molar-refractivity contribution in [1.82, 2.24) is 14.8 Å². The number of halogens is 3. The smallest absolute Gasteiger partial charge is 0.375 e. The third-order valence-corrected chi connectivity index (χ3v) is 6.52. The quantitative estimate of drug-likeness (QED) is 0.638. The molecule has 32 heavy (non-hydrogen) atoms. The van der Waals surface area contributed by atoms with Gasteiger partial charge in [0.25, 0.3) is 5.91 Å². The van der Waals surface area contributed by atoms with Crippen LogP contribution in [0.3, 0.4) is 0 Å². The molecule has 164 valence electrons. The second-order valence-electron chi connectivity index (χ2n) is 8.51. The highest BCUT2D eigenvalue weighted by Gasteiger charge is 2.46. The molecule has 2 N–H and O–H groups in total. The van der Waals surface area contributed by atoms with Gasteiger partial charge >= 0.3 is 6.18 Å². The molecule has 0 radical (unpaired) electrons. The first-order valence-electron chi connectivity index (χ1n) is 10.1. The number of hydrogen-bond donors (Lipinski definition) is 2. The summed E-state index contributed by atoms with van der Waals surface area (Å²) in [5.41, 5.74) is -2.18. The van der Waals surface area contributed by atoms with Crippen molar-refractivity contribution in [2.45, 2.75) is 49.9 Å². The maximum Gasteiger partial charge on any atom is 0.416 e. The molecule has 7 nitrogen and oxygen atoms in total. The summed E-state index contributed by atoms with van der Waals surface area (Å²) in [5, 5.41) is 27.8. The topological polar surface area (TPSA) is 104 Å². The molecule has 3 aromatic rings. The molecule has 3 heterocycles. The number of nitrogens with zero attached hydrogens (tertiary/aromatic N) is 4. The molecular formula is C22H18F3N5O2. The molecule has 1 aromatic carbocycles. The molecule has 0 bridgehead atoms. The summed E-state index contributed by atoms with van der Waals surface area (Å²) in [6, 6.07) is 7.10. The Kier molecular flexibility index (Phi) is 4.17. The maximum absolute atomic E-state index is 13.5. The average Bonchev–Trinajstić information content (AvgIpc) is 3.19. The van der Waals surface area contributed by atoms with Gasteiger partial charge < -0.3 is 10.4 Å². The SMILES string of the molecule is C[C@]1(O)C(=O)Nc2nccc(-c3nn(C4(CC#N)CCC4)c4cc(C(F)(F)F)ccc34)c21. The number of nitriles is 1. The molecule has 10 heteroatoms. The molecule has 1 atom stereocenters. The molecule has 2 aliphatic rings. The van der Waals surface area contributed by atoms with E-state index < -0.39 is 28.8 Å². The Morgan fingerprint density at radius 1 is 1.31 bits per heavy atom. The van der Waals surface area contributed by atoms with Crippen LogP contribution in [0.1, 0.15) is 43.7 Å². The molecule has 1 aliphatic carbocycles. The van der Waals surface area contributed by atoms with E-state index in [0.29, 0.717) is 29.5 Å². The van der Waals surface area contributed by atoms with Crippen molar-refractivity contribution in [3.8, 4) is 17.3 Å². The van der Waals surface area contributed by atoms with Crippen LogP contribution < -0.4 is 5.32 Å². The van der Waals surface area contributed by atoms with E-state index in [9.17, 15) is 28.3 Å². The van der Waals surface area contributed by atoms with Crippen molar-refractivity contribution in [2.24, 2.45) is 0 Å². The third kappa shape index (κ3) is 2.74. The number of carbonyl (C=O) groups excluding carboxylic acids is 1. The first-order chi connectivity index (χ1) is 15.1. The molecule has 5 rings (SSSR count). The van der Waals surface area contributed by atoms with Crippen LogP contribution in [0.4, 0.5) is 19.0 Å². The number of hydrogen-bond acceptors (Lipinski definition) is 5. The number of benzene rings is 1. The molecule has 1 aliphatic heterocycles. The largest absolute Gasteiger partial charge is 0.416 e. The van der Waals surface area contributed by atoms with Gasteiger partial charge in [-0.3, -0.25) is 9.48 Å². The van der Waals surface area contributed by atoms with Crippen LogP contribution in [0.15, 0.2) is 30.5 Å². The molecule has 0 saturated heterocycles. The lowest BCUT2D eigenvalue weighted by molar-refractivity contribution is -0.137. The maximum atomic E-state index is 13.5. The normalized spacial score (nSPS) is 21.7. The summed E-state index contributed by atoms with van der Waals surface area (Å²) in [6.07, 6.45) is -0.887. The van der Waals surface area contributed by atoms with Crippen LogP contribution >= 0.6 is 0 Å². The Morgan fingerprint density at radius 2 is 2.06 bits per heavy atom. The summed E-state index contributed by atoms with van der Waals surface area (Å²) in [5.74, 6) is -0.460. The van der Waals surface area contributed by atoms with Crippen LogP contribution in [-0.4, -0.2) is 25.8 Å². The number of anilines is 1. The van der Waals surface area contributed by atoms with E-state index >= 15 is 0 Å². The van der Waals surface area contributed by atoms with Gasteiger partial charge in [0.15, 0.2) is 5.60 Å². The van der Waals surface area contributed by atoms with E-state index in [2.05, 4.69) is 21.5 Å². The number of aliphatic hydroxyl groups is 1. The van der Waals surface area contributed by atoms with Crippen molar-refractivity contribution in [2.75, 3.05) is 5.32 Å². The highest BCUT2D eigenvalue weighted by Crippen LogP contribution is 2.47. The summed E-state index contributed by atoms with van der Waals surface area (Å²) >= 11 is 0. The fraction of sp³-hybridized carbons (Fsp3) is 0.364. The molecule has 1 fully saturated rings. The van der Waals surface area contributed by atoms with Crippen LogP contribution in [0.25, 0.3) is 22.2 Å². The Bertz CT molecular complexity index is 1320. The number of amides is 1. The van der Waals surface area contributed by atoms with Gasteiger partial charge in [-0.15, -0.1) is 0 Å². The monoisotopic (exact) mass is 441 g/mol. The zero-order valence-electron chi connectivity index (χ0n) is 17.0. The van der Waals surface area contributed by atoms with Gasteiger partial charge in [-0.25, -0.2) is 4.98 Å². The molecule has 1 amide bonds. The molecule has 0 unspecified atom stereocenters. The van der Waals surface area contributed by atoms with Crippen molar-refractivity contribution in [1.29, 1.82) is 5.26 Å². The van der Waals surface area contributed by atoms with Crippen molar-refractivity contribution >= 4 is 22.6 Å². The number of alkyl halides is 3. The van der Waals surface area contributed by atoms with E-state index in [4.69, 9.17) is 0 Å². The molecule has 1 saturated carbocycles. The summed E-state index contributed by atoms with van der Waals surface area (Å²) in [4.78, 5) is 16.4. The summed E-state index contributed by atoms with van der Waals surface area (Å²) in [6.45, 7) is 1.34. The van der Waals surface area contributed by atoms with Gasteiger partial charge in [-0.1, -0.05) is 0 Å². The summed E-state index contributed by atoms with van der Waals surface area (Å²) < 4.78 is 42.0. The minimum atomic E-state index is -4.54. The highest BCUT2D eigenvalue weighted by atomic mass is 19.4. The Hall–Kier alpha value is -3.45. The second kappa shape index (κ2) is 6.53. The van der Waals surface area contributed by atoms with Crippen molar-refractivity contribution in [3.05, 3.63) is 41.6 Å². The molecular weight excluding hydrogens is 423 g/mol. The first-order valence-corrected chi connectivity index (χ1v) is 10.1. The standard InChI is InChI=1S/C22H18F3N5O2/c1-20(32)16-14(5-10-27-18(16)28-19(20)31)17-13-4-3-12(22(23,24)25)11-15(13)30(29-17)21(8-9-26)6-2-7-21/h3-5,10-11,32H,2,6-8H2,1H3,(H,27,28,31)/t20-/m1/s1. The minimum Gasteiger partial charge on any atom is -0.375 e. The van der Waals surface area contributed by atoms with Crippen LogP contribution in [0.2, 0.25) is 0 Å². The van der Waals surface area contributed by atoms with Gasteiger partial charge in [0.1, 0.15) is 11.5 Å². The van der Waals surface area contributed by atoms with E-state index in [0.717, 1.165) is 18.6 Å². The van der Waals surface area contributed by atoms with Crippen molar-refractivity contribution in [3.63, 3.8) is 0 Å². The van der Waals surface area contributed by atoms with Gasteiger partial charge in [0.05, 0.1) is 29.1 Å². The second-order valence-corrected chi connectivity index (χ2v) is 8.51. The lowest BCUT2D eigenvalue weighted by Gasteiger charge is -2.40. The van der Waals surface area contributed by atoms with Crippen molar-refractivity contribution < 1.29 is 23.1 Å². The van der Waals surface area contributed by atoms with E-state index in [1.807, 2.05) is 0 Å². The zero-order valence-corrected chi connectivity index (χ0v) is 17.0. The Labute approximate surface area is 180 Å². The predicted molar refractivity (Wildman–Crippen MR) is 108 cm³/mol. The fourth-order valence-electron chi connectivity index (χ4n) is 4.64. The molecule has 2 aromatic heterocycles. The zero-order chi connectivity index (χ0) is 22.9. The Balaban J connectivity index is 1.82. The summed E-state index contributed by atoms with van der Waals surface area (Å²) in [7, 11) is 0. The van der Waals surface area contributed by atoms with Crippen LogP contribution in [0, 0.1) is 11.3 Å². The van der Waals surface area contributed by atoms with Gasteiger partial charge in [0, 0.05) is 22.7 Å². The number of aromatic nitrogens is 3. The number of pyridine rings is 1. The third-order valence-electron chi connectivity index (χ3n) is 6.52. The number of nitrogens with one attached hydrogen (secondary N) is 1. The number of carbonyl (C=O) groups is 1. The lowest BCUT2D eigenvalue weighted by atomic mass is 9.74. The molecule has 0 spiro atoms. The van der Waals surface area contributed by atoms with Crippen LogP contribution in [-0.2, 0) is 22.1 Å². The number of fused-ring (bicyclic) bond motifs is 2. The fourth-order valence-corrected chi connectivity index (χ4v) is 4.64. The van der Waals surface area contributed by atoms with E-state index in [1.54, 1.807) is 6.07 Å². The van der Waals surface area contributed by atoms with Gasteiger partial charge in [-0.2, -0.15) is 23.5 Å². The van der Waals surface area contributed by atoms with E-state index in [1.165, 1.54) is 23.9 Å².